The van der Waals surface area contributed by atoms with E-state index < -0.39 is 0 Å². The van der Waals surface area contributed by atoms with Gasteiger partial charge in [-0.1, -0.05) is 13.3 Å². The molecule has 2 aliphatic rings. The van der Waals surface area contributed by atoms with Crippen molar-refractivity contribution in [3.8, 4) is 0 Å². The lowest BCUT2D eigenvalue weighted by atomic mass is 9.88. The first-order chi connectivity index (χ1) is 8.73. The lowest BCUT2D eigenvalue weighted by molar-refractivity contribution is -0.143. The number of hydrogen-bond donors (Lipinski definition) is 2. The van der Waals surface area contributed by atoms with Gasteiger partial charge in [-0.3, -0.25) is 4.79 Å². The smallest absolute Gasteiger partial charge is 0.243 e. The fourth-order valence-electron chi connectivity index (χ4n) is 3.47. The van der Waals surface area contributed by atoms with Crippen LogP contribution in [0.15, 0.2) is 0 Å². The number of nitrogens with zero attached hydrogens (tertiary/aromatic N) is 1. The average Bonchev–Trinajstić information content (AvgIpc) is 2.88. The van der Waals surface area contributed by atoms with Crippen molar-refractivity contribution in [2.24, 2.45) is 0 Å². The predicted octanol–water partition coefficient (Wildman–Crippen LogP) is 1.28. The molecule has 2 aliphatic heterocycles. The van der Waals surface area contributed by atoms with Gasteiger partial charge in [0.2, 0.25) is 5.91 Å². The van der Waals surface area contributed by atoms with E-state index in [0.717, 1.165) is 58.0 Å². The molecule has 2 atom stereocenters. The molecule has 0 aromatic heterocycles. The molecule has 0 bridgehead atoms. The quantitative estimate of drug-likeness (QED) is 0.794. The topological polar surface area (TPSA) is 52.6 Å². The first-order valence-electron chi connectivity index (χ1n) is 7.40. The van der Waals surface area contributed by atoms with Gasteiger partial charge in [-0.25, -0.2) is 0 Å². The molecule has 1 amide bonds. The van der Waals surface area contributed by atoms with Crippen molar-refractivity contribution in [1.29, 1.82) is 0 Å². The van der Waals surface area contributed by atoms with Gasteiger partial charge in [-0.2, -0.15) is 0 Å². The molecule has 0 aromatic carbocycles. The Bertz CT molecular complexity index is 288. The standard InChI is InChI=1S/C14H26N2O2/c1-2-7-14(8-5-9-15-14)13(18)16-10-4-3-6-12(16)11-17/h12,15,17H,2-11H2,1H3. The van der Waals surface area contributed by atoms with Crippen LogP contribution in [-0.2, 0) is 4.79 Å². The Kier molecular flexibility index (Phi) is 4.62. The van der Waals surface area contributed by atoms with Crippen LogP contribution in [0.1, 0.15) is 51.9 Å². The Morgan fingerprint density at radius 3 is 2.89 bits per heavy atom. The molecule has 0 aromatic rings. The van der Waals surface area contributed by atoms with Gasteiger partial charge in [0.15, 0.2) is 0 Å². The van der Waals surface area contributed by atoms with E-state index in [0.29, 0.717) is 0 Å². The summed E-state index contributed by atoms with van der Waals surface area (Å²) >= 11 is 0. The molecule has 2 rings (SSSR count). The van der Waals surface area contributed by atoms with Crippen LogP contribution in [0.2, 0.25) is 0 Å². The van der Waals surface area contributed by atoms with Gasteiger partial charge in [0.05, 0.1) is 18.2 Å². The van der Waals surface area contributed by atoms with E-state index in [1.54, 1.807) is 0 Å². The number of aliphatic hydroxyl groups excluding tert-OH is 1. The second kappa shape index (κ2) is 6.02. The molecule has 0 spiro atoms. The third kappa shape index (κ3) is 2.54. The van der Waals surface area contributed by atoms with E-state index in [4.69, 9.17) is 0 Å². The van der Waals surface area contributed by atoms with E-state index in [-0.39, 0.29) is 24.1 Å². The number of likely N-dealkylation sites (tertiary alicyclic amines) is 1. The molecule has 2 N–H and O–H groups in total. The molecule has 2 unspecified atom stereocenters. The number of rotatable bonds is 4. The summed E-state index contributed by atoms with van der Waals surface area (Å²) in [5, 5.41) is 12.9. The number of amides is 1. The highest BCUT2D eigenvalue weighted by Crippen LogP contribution is 2.30. The van der Waals surface area contributed by atoms with Crippen molar-refractivity contribution < 1.29 is 9.90 Å². The molecular weight excluding hydrogens is 228 g/mol. The molecular formula is C14H26N2O2. The van der Waals surface area contributed by atoms with Gasteiger partial charge < -0.3 is 15.3 Å². The molecule has 2 saturated heterocycles. The average molecular weight is 254 g/mol. The molecule has 0 aliphatic carbocycles. The largest absolute Gasteiger partial charge is 0.394 e. The molecule has 0 saturated carbocycles. The first-order valence-corrected chi connectivity index (χ1v) is 7.40. The maximum atomic E-state index is 12.8. The van der Waals surface area contributed by atoms with Crippen molar-refractivity contribution in [2.45, 2.75) is 63.5 Å². The van der Waals surface area contributed by atoms with Gasteiger partial charge in [-0.15, -0.1) is 0 Å². The van der Waals surface area contributed by atoms with E-state index in [9.17, 15) is 9.90 Å². The van der Waals surface area contributed by atoms with Crippen LogP contribution in [0.25, 0.3) is 0 Å². The predicted molar refractivity (Wildman–Crippen MR) is 71.3 cm³/mol. The van der Waals surface area contributed by atoms with Crippen LogP contribution in [0.3, 0.4) is 0 Å². The molecule has 4 nitrogen and oxygen atoms in total. The number of carbonyl (C=O) groups excluding carboxylic acids is 1. The van der Waals surface area contributed by atoms with Gasteiger partial charge in [-0.05, 0) is 45.1 Å². The number of aliphatic hydroxyl groups is 1. The molecule has 0 radical (unpaired) electrons. The second-order valence-corrected chi connectivity index (χ2v) is 5.69. The fraction of sp³-hybridized carbons (Fsp3) is 0.929. The monoisotopic (exact) mass is 254 g/mol. The highest BCUT2D eigenvalue weighted by molar-refractivity contribution is 5.87. The van der Waals surface area contributed by atoms with E-state index in [1.165, 1.54) is 0 Å². The zero-order valence-corrected chi connectivity index (χ0v) is 11.5. The minimum atomic E-state index is -0.334. The lowest BCUT2D eigenvalue weighted by Crippen LogP contribution is -2.59. The maximum Gasteiger partial charge on any atom is 0.243 e. The van der Waals surface area contributed by atoms with Crippen molar-refractivity contribution in [3.63, 3.8) is 0 Å². The molecule has 2 fully saturated rings. The Morgan fingerprint density at radius 2 is 2.28 bits per heavy atom. The molecule has 4 heteroatoms. The van der Waals surface area contributed by atoms with E-state index >= 15 is 0 Å². The van der Waals surface area contributed by atoms with Gasteiger partial charge >= 0.3 is 0 Å². The Labute approximate surface area is 110 Å². The third-order valence-electron chi connectivity index (χ3n) is 4.43. The van der Waals surface area contributed by atoms with Gasteiger partial charge in [0.1, 0.15) is 0 Å². The summed E-state index contributed by atoms with van der Waals surface area (Å²) in [5.41, 5.74) is -0.334. The maximum absolute atomic E-state index is 12.8. The van der Waals surface area contributed by atoms with Crippen LogP contribution in [0.4, 0.5) is 0 Å². The summed E-state index contributed by atoms with van der Waals surface area (Å²) in [6, 6.07) is 0.0439. The van der Waals surface area contributed by atoms with E-state index in [1.807, 2.05) is 4.90 Å². The molecule has 104 valence electrons. The van der Waals surface area contributed by atoms with E-state index in [2.05, 4.69) is 12.2 Å². The van der Waals surface area contributed by atoms with Crippen LogP contribution in [-0.4, -0.2) is 47.2 Å². The summed E-state index contributed by atoms with van der Waals surface area (Å²) in [6.45, 7) is 4.00. The lowest BCUT2D eigenvalue weighted by Gasteiger charge is -2.41. The van der Waals surface area contributed by atoms with Crippen LogP contribution in [0.5, 0.6) is 0 Å². The summed E-state index contributed by atoms with van der Waals surface area (Å²) < 4.78 is 0. The van der Waals surface area contributed by atoms with Crippen LogP contribution >= 0.6 is 0 Å². The number of piperidine rings is 1. The first kappa shape index (κ1) is 13.8. The summed E-state index contributed by atoms with van der Waals surface area (Å²) in [5.74, 6) is 0.237. The van der Waals surface area contributed by atoms with Crippen molar-refractivity contribution >= 4 is 5.91 Å². The van der Waals surface area contributed by atoms with Crippen LogP contribution < -0.4 is 5.32 Å². The summed E-state index contributed by atoms with van der Waals surface area (Å²) in [6.07, 6.45) is 7.13. The molecule has 18 heavy (non-hydrogen) atoms. The second-order valence-electron chi connectivity index (χ2n) is 5.69. The van der Waals surface area contributed by atoms with Crippen LogP contribution in [0, 0.1) is 0 Å². The van der Waals surface area contributed by atoms with Gasteiger partial charge in [0.25, 0.3) is 0 Å². The Hall–Kier alpha value is -0.610. The fourth-order valence-corrected chi connectivity index (χ4v) is 3.47. The minimum Gasteiger partial charge on any atom is -0.394 e. The summed E-state index contributed by atoms with van der Waals surface area (Å²) in [4.78, 5) is 14.8. The normalized spacial score (nSPS) is 32.8. The van der Waals surface area contributed by atoms with Crippen molar-refractivity contribution in [3.05, 3.63) is 0 Å². The number of hydrogen-bond acceptors (Lipinski definition) is 3. The Balaban J connectivity index is 2.11. The number of carbonyl (C=O) groups is 1. The number of nitrogens with one attached hydrogen (secondary N) is 1. The highest BCUT2D eigenvalue weighted by atomic mass is 16.3. The Morgan fingerprint density at radius 1 is 1.44 bits per heavy atom. The zero-order valence-electron chi connectivity index (χ0n) is 11.5. The molecule has 2 heterocycles. The van der Waals surface area contributed by atoms with Crippen molar-refractivity contribution in [1.82, 2.24) is 10.2 Å². The van der Waals surface area contributed by atoms with Gasteiger partial charge in [0, 0.05) is 6.54 Å². The SMILES string of the molecule is CCCC1(C(=O)N2CCCCC2CO)CCCN1. The van der Waals surface area contributed by atoms with Crippen molar-refractivity contribution in [2.75, 3.05) is 19.7 Å². The zero-order chi connectivity index (χ0) is 13.0. The third-order valence-corrected chi connectivity index (χ3v) is 4.43. The summed E-state index contributed by atoms with van der Waals surface area (Å²) in [7, 11) is 0. The highest BCUT2D eigenvalue weighted by Gasteiger charge is 2.44. The minimum absolute atomic E-state index is 0.0439.